The highest BCUT2D eigenvalue weighted by Gasteiger charge is 2.05. The zero-order valence-corrected chi connectivity index (χ0v) is 11.9. The fourth-order valence-electron chi connectivity index (χ4n) is 1.67. The fourth-order valence-corrected chi connectivity index (χ4v) is 1.86. The first-order valence-electron chi connectivity index (χ1n) is 6.37. The lowest BCUT2D eigenvalue weighted by atomic mass is 10.2. The second kappa shape index (κ2) is 6.87. The van der Waals surface area contributed by atoms with Crippen molar-refractivity contribution in [1.82, 2.24) is 9.78 Å². The van der Waals surface area contributed by atoms with Gasteiger partial charge in [0.25, 0.3) is 0 Å². The van der Waals surface area contributed by atoms with Gasteiger partial charge >= 0.3 is 0 Å². The van der Waals surface area contributed by atoms with Crippen molar-refractivity contribution < 1.29 is 4.79 Å². The zero-order chi connectivity index (χ0) is 14.4. The van der Waals surface area contributed by atoms with Gasteiger partial charge < -0.3 is 0 Å². The lowest BCUT2D eigenvalue weighted by Crippen LogP contribution is -1.99. The van der Waals surface area contributed by atoms with Gasteiger partial charge in [0.05, 0.1) is 0 Å². The topological polar surface area (TPSA) is 34.9 Å². The molecule has 0 atom stereocenters. The summed E-state index contributed by atoms with van der Waals surface area (Å²) in [6, 6.07) is 11.4. The maximum atomic E-state index is 11.9. The summed E-state index contributed by atoms with van der Waals surface area (Å²) in [6.45, 7) is 2.71. The quantitative estimate of drug-likeness (QED) is 0.474. The molecule has 0 aliphatic heterocycles. The number of nitrogens with zero attached hydrogens (tertiary/aromatic N) is 2. The molecule has 1 aromatic heterocycles. The van der Waals surface area contributed by atoms with Crippen LogP contribution in [-0.2, 0) is 6.54 Å². The van der Waals surface area contributed by atoms with Crippen molar-refractivity contribution >= 4 is 23.5 Å². The van der Waals surface area contributed by atoms with E-state index in [2.05, 4.69) is 5.10 Å². The van der Waals surface area contributed by atoms with E-state index in [9.17, 15) is 4.79 Å². The average molecular weight is 287 g/mol. The van der Waals surface area contributed by atoms with E-state index in [1.165, 1.54) is 6.08 Å². The summed E-state index contributed by atoms with van der Waals surface area (Å²) in [4.78, 5) is 11.9. The van der Waals surface area contributed by atoms with Gasteiger partial charge in [0.15, 0.2) is 0 Å². The smallest absolute Gasteiger partial charge is 0.206 e. The van der Waals surface area contributed by atoms with Crippen LogP contribution in [0.3, 0.4) is 0 Å². The number of hydrogen-bond acceptors (Lipinski definition) is 2. The molecule has 2 rings (SSSR count). The van der Waals surface area contributed by atoms with Gasteiger partial charge in [0.2, 0.25) is 5.78 Å². The number of allylic oxidation sites excluding steroid dienone is 3. The summed E-state index contributed by atoms with van der Waals surface area (Å²) in [6.07, 6.45) is 6.60. The summed E-state index contributed by atoms with van der Waals surface area (Å²) in [5, 5.41) is 4.64. The summed E-state index contributed by atoms with van der Waals surface area (Å²) >= 11 is 6.08. The van der Waals surface area contributed by atoms with Gasteiger partial charge in [-0.2, -0.15) is 5.10 Å². The highest BCUT2D eigenvalue weighted by Crippen LogP contribution is 2.11. The number of carbonyl (C=O) groups excluding carboxylic acids is 1. The van der Waals surface area contributed by atoms with Crippen LogP contribution in [0.5, 0.6) is 0 Å². The van der Waals surface area contributed by atoms with Crippen LogP contribution in [0.2, 0.25) is 0 Å². The third kappa shape index (κ3) is 3.93. The Bertz CT molecular complexity index is 642. The molecule has 0 saturated carbocycles. The molecule has 0 bridgehead atoms. The van der Waals surface area contributed by atoms with E-state index < -0.39 is 0 Å². The number of halogens is 1. The molecule has 0 N–H and O–H groups in total. The van der Waals surface area contributed by atoms with Gasteiger partial charge in [-0.1, -0.05) is 41.9 Å². The van der Waals surface area contributed by atoms with E-state index in [-0.39, 0.29) is 5.78 Å². The van der Waals surface area contributed by atoms with E-state index in [0.29, 0.717) is 10.7 Å². The molecule has 0 aliphatic carbocycles. The molecule has 4 heteroatoms. The minimum Gasteiger partial charge on any atom is -0.287 e. The van der Waals surface area contributed by atoms with Crippen LogP contribution in [-0.4, -0.2) is 15.6 Å². The van der Waals surface area contributed by atoms with Gasteiger partial charge in [0.1, 0.15) is 5.69 Å². The Kier molecular flexibility index (Phi) is 4.91. The average Bonchev–Trinajstić information content (AvgIpc) is 2.95. The Morgan fingerprint density at radius 1 is 1.25 bits per heavy atom. The number of carbonyl (C=O) groups is 1. The number of aryl methyl sites for hydroxylation is 1. The van der Waals surface area contributed by atoms with Gasteiger partial charge in [0, 0.05) is 17.8 Å². The Labute approximate surface area is 123 Å². The van der Waals surface area contributed by atoms with Crippen LogP contribution in [0.1, 0.15) is 23.0 Å². The van der Waals surface area contributed by atoms with Crippen LogP contribution in [0.15, 0.2) is 59.8 Å². The largest absolute Gasteiger partial charge is 0.287 e. The molecule has 3 nitrogen and oxygen atoms in total. The summed E-state index contributed by atoms with van der Waals surface area (Å²) in [5.41, 5.74) is 1.41. The molecule has 0 spiro atoms. The third-order valence-electron chi connectivity index (χ3n) is 2.72. The molecule has 0 aliphatic rings. The van der Waals surface area contributed by atoms with E-state index in [4.69, 9.17) is 11.6 Å². The number of rotatable bonds is 5. The van der Waals surface area contributed by atoms with Gasteiger partial charge in [-0.3, -0.25) is 9.48 Å². The highest BCUT2D eigenvalue weighted by molar-refractivity contribution is 6.33. The Hall–Kier alpha value is -2.13. The van der Waals surface area contributed by atoms with Crippen molar-refractivity contribution in [2.24, 2.45) is 0 Å². The molecule has 20 heavy (non-hydrogen) atoms. The van der Waals surface area contributed by atoms with E-state index in [1.807, 2.05) is 37.3 Å². The SMILES string of the molecule is CCn1ccc(C(=O)/C=C/C(Cl)=C/c2ccccc2)n1. The fraction of sp³-hybridized carbons (Fsp3) is 0.125. The van der Waals surface area contributed by atoms with Gasteiger partial charge in [-0.25, -0.2) is 0 Å². The second-order valence-electron chi connectivity index (χ2n) is 4.19. The van der Waals surface area contributed by atoms with Crippen molar-refractivity contribution in [1.29, 1.82) is 0 Å². The maximum absolute atomic E-state index is 11.9. The standard InChI is InChI=1S/C16H15ClN2O/c1-2-19-11-10-15(18-19)16(20)9-8-14(17)12-13-6-4-3-5-7-13/h3-12H,2H2,1H3/b9-8+,14-12-. The van der Waals surface area contributed by atoms with Crippen LogP contribution in [0.4, 0.5) is 0 Å². The maximum Gasteiger partial charge on any atom is 0.206 e. The first kappa shape index (κ1) is 14.3. The van der Waals surface area contributed by atoms with Crippen molar-refractivity contribution in [2.75, 3.05) is 0 Å². The van der Waals surface area contributed by atoms with Crippen LogP contribution < -0.4 is 0 Å². The van der Waals surface area contributed by atoms with Crippen LogP contribution >= 0.6 is 11.6 Å². The molecule has 0 saturated heterocycles. The first-order chi connectivity index (χ1) is 9.69. The number of hydrogen-bond donors (Lipinski definition) is 0. The van der Waals surface area contributed by atoms with Crippen molar-refractivity contribution in [3.63, 3.8) is 0 Å². The van der Waals surface area contributed by atoms with Gasteiger partial charge in [-0.15, -0.1) is 0 Å². The third-order valence-corrected chi connectivity index (χ3v) is 2.95. The predicted octanol–water partition coefficient (Wildman–Crippen LogP) is 3.92. The monoisotopic (exact) mass is 286 g/mol. The minimum atomic E-state index is -0.156. The highest BCUT2D eigenvalue weighted by atomic mass is 35.5. The Morgan fingerprint density at radius 3 is 2.65 bits per heavy atom. The molecule has 2 aromatic rings. The summed E-state index contributed by atoms with van der Waals surface area (Å²) in [5.74, 6) is -0.156. The molecule has 0 amide bonds. The molecular weight excluding hydrogens is 272 g/mol. The lowest BCUT2D eigenvalue weighted by Gasteiger charge is -1.93. The summed E-state index contributed by atoms with van der Waals surface area (Å²) < 4.78 is 1.71. The molecule has 0 unspecified atom stereocenters. The predicted molar refractivity (Wildman–Crippen MR) is 81.6 cm³/mol. The molecule has 0 fully saturated rings. The lowest BCUT2D eigenvalue weighted by molar-refractivity contribution is 0.104. The van der Waals surface area contributed by atoms with E-state index in [1.54, 1.807) is 29.1 Å². The number of aromatic nitrogens is 2. The van der Waals surface area contributed by atoms with E-state index in [0.717, 1.165) is 12.1 Å². The molecule has 1 heterocycles. The molecule has 0 radical (unpaired) electrons. The Balaban J connectivity index is 2.05. The molecule has 102 valence electrons. The number of ketones is 1. The number of benzene rings is 1. The minimum absolute atomic E-state index is 0.156. The van der Waals surface area contributed by atoms with Crippen LogP contribution in [0, 0.1) is 0 Å². The summed E-state index contributed by atoms with van der Waals surface area (Å²) in [7, 11) is 0. The zero-order valence-electron chi connectivity index (χ0n) is 11.2. The second-order valence-corrected chi connectivity index (χ2v) is 4.63. The molecular formula is C16H15ClN2O. The molecule has 1 aromatic carbocycles. The Morgan fingerprint density at radius 2 is 2.00 bits per heavy atom. The van der Waals surface area contributed by atoms with Crippen molar-refractivity contribution in [2.45, 2.75) is 13.5 Å². The van der Waals surface area contributed by atoms with Crippen molar-refractivity contribution in [3.05, 3.63) is 71.0 Å². The van der Waals surface area contributed by atoms with Crippen molar-refractivity contribution in [3.8, 4) is 0 Å². The normalized spacial score (nSPS) is 12.0. The first-order valence-corrected chi connectivity index (χ1v) is 6.75. The van der Waals surface area contributed by atoms with Gasteiger partial charge in [-0.05, 0) is 36.8 Å². The van der Waals surface area contributed by atoms with Crippen LogP contribution in [0.25, 0.3) is 6.08 Å². The van der Waals surface area contributed by atoms with E-state index >= 15 is 0 Å².